The predicted octanol–water partition coefficient (Wildman–Crippen LogP) is 5.50. The molecule has 4 nitrogen and oxygen atoms in total. The van der Waals surface area contributed by atoms with Gasteiger partial charge in [0.15, 0.2) is 11.0 Å². The summed E-state index contributed by atoms with van der Waals surface area (Å²) < 4.78 is 2.22. The first-order valence-electron chi connectivity index (χ1n) is 9.22. The third-order valence-corrected chi connectivity index (χ3v) is 5.45. The van der Waals surface area contributed by atoms with Crippen molar-refractivity contribution >= 4 is 22.7 Å². The number of thioether (sulfide) groups is 1. The fourth-order valence-electron chi connectivity index (χ4n) is 3.15. The number of hydrogen-bond donors (Lipinski definition) is 0. The summed E-state index contributed by atoms with van der Waals surface area (Å²) in [5.41, 5.74) is 4.44. The molecule has 0 saturated heterocycles. The largest absolute Gasteiger partial charge is 0.302 e. The SMILES string of the molecule is CCCn1c(SCc2ccc3ccccc3n2)nnc1-c1cccc(C)c1. The minimum atomic E-state index is 0.778. The van der Waals surface area contributed by atoms with Crippen LogP contribution < -0.4 is 0 Å². The number of pyridine rings is 1. The van der Waals surface area contributed by atoms with Crippen molar-refractivity contribution in [3.63, 3.8) is 0 Å². The van der Waals surface area contributed by atoms with Gasteiger partial charge in [-0.25, -0.2) is 0 Å². The Kier molecular flexibility index (Phi) is 5.21. The molecule has 2 aromatic heterocycles. The number of benzene rings is 2. The number of aromatic nitrogens is 4. The third-order valence-electron chi connectivity index (χ3n) is 4.45. The van der Waals surface area contributed by atoms with Crippen LogP contribution in [0.1, 0.15) is 24.6 Å². The Morgan fingerprint density at radius 1 is 0.963 bits per heavy atom. The number of para-hydroxylation sites is 1. The average molecular weight is 375 g/mol. The molecule has 2 heterocycles. The molecule has 136 valence electrons. The van der Waals surface area contributed by atoms with Crippen LogP contribution in [0, 0.1) is 6.92 Å². The van der Waals surface area contributed by atoms with Crippen LogP contribution in [0.15, 0.2) is 65.8 Å². The van der Waals surface area contributed by atoms with Crippen molar-refractivity contribution in [1.29, 1.82) is 0 Å². The maximum absolute atomic E-state index is 4.76. The van der Waals surface area contributed by atoms with Crippen LogP contribution in [0.5, 0.6) is 0 Å². The lowest BCUT2D eigenvalue weighted by Gasteiger charge is -2.09. The summed E-state index contributed by atoms with van der Waals surface area (Å²) in [5, 5.41) is 11.1. The molecule has 4 rings (SSSR count). The van der Waals surface area contributed by atoms with Gasteiger partial charge in [0.05, 0.1) is 11.2 Å². The molecule has 0 saturated carbocycles. The van der Waals surface area contributed by atoms with E-state index in [1.807, 2.05) is 12.1 Å². The summed E-state index contributed by atoms with van der Waals surface area (Å²) in [6, 6.07) is 20.9. The van der Waals surface area contributed by atoms with Gasteiger partial charge in [0.2, 0.25) is 0 Å². The molecule has 0 aliphatic rings. The number of aryl methyl sites for hydroxylation is 1. The molecule has 0 spiro atoms. The molecule has 27 heavy (non-hydrogen) atoms. The minimum Gasteiger partial charge on any atom is -0.302 e. The topological polar surface area (TPSA) is 43.6 Å². The Labute approximate surface area is 163 Å². The average Bonchev–Trinajstić information content (AvgIpc) is 3.09. The Bertz CT molecular complexity index is 1070. The summed E-state index contributed by atoms with van der Waals surface area (Å²) >= 11 is 1.70. The maximum atomic E-state index is 4.76. The molecule has 0 N–H and O–H groups in total. The normalized spacial score (nSPS) is 11.2. The standard InChI is InChI=1S/C22H22N4S/c1-3-13-26-21(18-9-6-7-16(2)14-18)24-25-22(26)27-15-19-12-11-17-8-4-5-10-20(17)23-19/h4-12,14H,3,13,15H2,1-2H3. The van der Waals surface area contributed by atoms with Crippen LogP contribution in [-0.2, 0) is 12.3 Å². The lowest BCUT2D eigenvalue weighted by Crippen LogP contribution is -2.02. The Balaban J connectivity index is 1.59. The fraction of sp³-hybridized carbons (Fsp3) is 0.227. The van der Waals surface area contributed by atoms with Crippen LogP contribution in [0.3, 0.4) is 0 Å². The molecule has 2 aromatic carbocycles. The van der Waals surface area contributed by atoms with Gasteiger partial charge in [-0.15, -0.1) is 10.2 Å². The van der Waals surface area contributed by atoms with E-state index in [9.17, 15) is 0 Å². The highest BCUT2D eigenvalue weighted by atomic mass is 32.2. The minimum absolute atomic E-state index is 0.778. The van der Waals surface area contributed by atoms with Gasteiger partial charge in [-0.2, -0.15) is 0 Å². The lowest BCUT2D eigenvalue weighted by atomic mass is 10.1. The van der Waals surface area contributed by atoms with Crippen molar-refractivity contribution in [3.8, 4) is 11.4 Å². The van der Waals surface area contributed by atoms with Crippen LogP contribution in [0.4, 0.5) is 0 Å². The Hall–Kier alpha value is -2.66. The van der Waals surface area contributed by atoms with Gasteiger partial charge in [-0.1, -0.05) is 66.7 Å². The monoisotopic (exact) mass is 374 g/mol. The van der Waals surface area contributed by atoms with Gasteiger partial charge in [0, 0.05) is 23.2 Å². The maximum Gasteiger partial charge on any atom is 0.191 e. The van der Waals surface area contributed by atoms with Gasteiger partial charge in [0.25, 0.3) is 0 Å². The molecule has 0 bridgehead atoms. The Morgan fingerprint density at radius 3 is 2.70 bits per heavy atom. The first-order chi connectivity index (χ1) is 13.2. The fourth-order valence-corrected chi connectivity index (χ4v) is 4.02. The molecule has 4 aromatic rings. The third kappa shape index (κ3) is 3.88. The van der Waals surface area contributed by atoms with Gasteiger partial charge in [0.1, 0.15) is 0 Å². The van der Waals surface area contributed by atoms with E-state index in [0.717, 1.165) is 46.5 Å². The van der Waals surface area contributed by atoms with Gasteiger partial charge in [-0.3, -0.25) is 4.98 Å². The molecular weight excluding hydrogens is 352 g/mol. The van der Waals surface area contributed by atoms with Crippen LogP contribution in [-0.4, -0.2) is 19.7 Å². The summed E-state index contributed by atoms with van der Waals surface area (Å²) in [4.78, 5) is 4.76. The van der Waals surface area contributed by atoms with Crippen molar-refractivity contribution in [3.05, 3.63) is 71.9 Å². The van der Waals surface area contributed by atoms with E-state index in [0.29, 0.717) is 0 Å². The second kappa shape index (κ2) is 7.92. The highest BCUT2D eigenvalue weighted by Crippen LogP contribution is 2.27. The zero-order valence-electron chi connectivity index (χ0n) is 15.6. The Morgan fingerprint density at radius 2 is 1.85 bits per heavy atom. The highest BCUT2D eigenvalue weighted by molar-refractivity contribution is 7.98. The molecule has 0 aliphatic carbocycles. The number of rotatable bonds is 6. The molecule has 0 amide bonds. The number of nitrogens with zero attached hydrogens (tertiary/aromatic N) is 4. The van der Waals surface area contributed by atoms with E-state index >= 15 is 0 Å². The van der Waals surface area contributed by atoms with Crippen molar-refractivity contribution in [2.24, 2.45) is 0 Å². The quantitative estimate of drug-likeness (QED) is 0.418. The van der Waals surface area contributed by atoms with E-state index in [1.54, 1.807) is 11.8 Å². The smallest absolute Gasteiger partial charge is 0.191 e. The second-order valence-corrected chi connectivity index (χ2v) is 7.55. The molecule has 0 unspecified atom stereocenters. The predicted molar refractivity (Wildman–Crippen MR) is 112 cm³/mol. The highest BCUT2D eigenvalue weighted by Gasteiger charge is 2.14. The molecule has 0 fully saturated rings. The second-order valence-electron chi connectivity index (χ2n) is 6.61. The van der Waals surface area contributed by atoms with Crippen molar-refractivity contribution in [1.82, 2.24) is 19.7 Å². The van der Waals surface area contributed by atoms with Crippen molar-refractivity contribution in [2.45, 2.75) is 37.7 Å². The lowest BCUT2D eigenvalue weighted by molar-refractivity contribution is 0.626. The molecule has 0 aliphatic heterocycles. The molecular formula is C22H22N4S. The van der Waals surface area contributed by atoms with Gasteiger partial charge >= 0.3 is 0 Å². The summed E-state index contributed by atoms with van der Waals surface area (Å²) in [6.45, 7) is 5.19. The zero-order chi connectivity index (χ0) is 18.6. The van der Waals surface area contributed by atoms with Crippen molar-refractivity contribution < 1.29 is 0 Å². The number of fused-ring (bicyclic) bond motifs is 1. The number of hydrogen-bond acceptors (Lipinski definition) is 4. The zero-order valence-corrected chi connectivity index (χ0v) is 16.4. The van der Waals surface area contributed by atoms with Gasteiger partial charge < -0.3 is 4.57 Å². The van der Waals surface area contributed by atoms with Gasteiger partial charge in [-0.05, 0) is 31.5 Å². The van der Waals surface area contributed by atoms with Crippen LogP contribution in [0.25, 0.3) is 22.3 Å². The first-order valence-corrected chi connectivity index (χ1v) is 10.2. The summed E-state index contributed by atoms with van der Waals surface area (Å²) in [5.74, 6) is 1.72. The summed E-state index contributed by atoms with van der Waals surface area (Å²) in [6.07, 6.45) is 1.04. The van der Waals surface area contributed by atoms with Crippen molar-refractivity contribution in [2.75, 3.05) is 0 Å². The van der Waals surface area contributed by atoms with E-state index in [4.69, 9.17) is 4.98 Å². The van der Waals surface area contributed by atoms with E-state index in [2.05, 4.69) is 77.1 Å². The van der Waals surface area contributed by atoms with Crippen LogP contribution >= 0.6 is 11.8 Å². The summed E-state index contributed by atoms with van der Waals surface area (Å²) in [7, 11) is 0. The van der Waals surface area contributed by atoms with Crippen LogP contribution in [0.2, 0.25) is 0 Å². The van der Waals surface area contributed by atoms with E-state index in [1.165, 1.54) is 10.9 Å². The van der Waals surface area contributed by atoms with E-state index < -0.39 is 0 Å². The van der Waals surface area contributed by atoms with E-state index in [-0.39, 0.29) is 0 Å². The molecule has 0 atom stereocenters. The first kappa shape index (κ1) is 17.7. The molecule has 0 radical (unpaired) electrons. The molecule has 5 heteroatoms.